The average Bonchev–Trinajstić information content (AvgIpc) is 2.98. The van der Waals surface area contributed by atoms with Crippen LogP contribution in [-0.4, -0.2) is 39.5 Å². The second-order valence-corrected chi connectivity index (χ2v) is 14.1. The van der Waals surface area contributed by atoms with E-state index in [0.29, 0.717) is 24.3 Å². The van der Waals surface area contributed by atoms with Crippen molar-refractivity contribution < 1.29 is 24.1 Å². The number of ether oxygens (including phenoxy) is 3. The van der Waals surface area contributed by atoms with E-state index in [0.717, 1.165) is 39.6 Å². The third kappa shape index (κ3) is 4.74. The Morgan fingerprint density at radius 2 is 1.85 bits per heavy atom. The summed E-state index contributed by atoms with van der Waals surface area (Å²) in [6.45, 7) is 13.6. The quantitative estimate of drug-likeness (QED) is 0.407. The number of hydrogen-bond acceptors (Lipinski definition) is 5. The van der Waals surface area contributed by atoms with Gasteiger partial charge in [-0.05, 0) is 38.0 Å². The van der Waals surface area contributed by atoms with Crippen LogP contribution in [0.4, 0.5) is 0 Å². The molecule has 0 spiro atoms. The molecule has 0 bridgehead atoms. The number of esters is 1. The van der Waals surface area contributed by atoms with Crippen molar-refractivity contribution in [3.63, 3.8) is 0 Å². The minimum absolute atomic E-state index is 0.00588. The summed E-state index contributed by atoms with van der Waals surface area (Å²) in [7, 11) is 0.364. The third-order valence-electron chi connectivity index (χ3n) is 5.13. The Morgan fingerprint density at radius 1 is 1.19 bits per heavy atom. The fraction of sp³-hybridized carbons (Fsp3) is 0.571. The number of carbonyl (C=O) groups is 1. The van der Waals surface area contributed by atoms with Crippen LogP contribution < -0.4 is 9.47 Å². The largest absolute Gasteiger partial charge is 0.496 e. The smallest absolute Gasteiger partial charge is 0.342 e. The summed E-state index contributed by atoms with van der Waals surface area (Å²) in [6.07, 6.45) is 0.555. The normalized spacial score (nSPS) is 14.6. The standard InChI is InChI=1S/C21H32O5Si/c1-13(14(2)11-22)10-16-19(24-4)15(3)17-12-26-21(23)18(17)20(16)25-8-9-27(5,6)7/h22H,8-12H2,1-7H3/b14-13+. The Hall–Kier alpha value is -1.79. The van der Waals surface area contributed by atoms with Gasteiger partial charge in [0.1, 0.15) is 23.7 Å². The molecular formula is C21H32O5Si. The van der Waals surface area contributed by atoms with Gasteiger partial charge in [0.15, 0.2) is 0 Å². The van der Waals surface area contributed by atoms with Crippen LogP contribution in [0.2, 0.25) is 25.7 Å². The maximum Gasteiger partial charge on any atom is 0.342 e. The first-order valence-electron chi connectivity index (χ1n) is 9.39. The first-order chi connectivity index (χ1) is 12.6. The molecule has 0 amide bonds. The minimum atomic E-state index is -1.27. The van der Waals surface area contributed by atoms with Crippen molar-refractivity contribution in [1.29, 1.82) is 0 Å². The van der Waals surface area contributed by atoms with Crippen LogP contribution in [0.5, 0.6) is 11.5 Å². The van der Waals surface area contributed by atoms with Gasteiger partial charge in [0.05, 0.1) is 20.3 Å². The van der Waals surface area contributed by atoms with Crippen LogP contribution in [0.15, 0.2) is 11.1 Å². The first-order valence-corrected chi connectivity index (χ1v) is 13.1. The van der Waals surface area contributed by atoms with Crippen molar-refractivity contribution in [3.8, 4) is 11.5 Å². The van der Waals surface area contributed by atoms with E-state index in [9.17, 15) is 9.90 Å². The van der Waals surface area contributed by atoms with Gasteiger partial charge in [-0.3, -0.25) is 0 Å². The molecule has 1 aromatic rings. The second-order valence-electron chi connectivity index (χ2n) is 8.45. The van der Waals surface area contributed by atoms with Crippen LogP contribution in [0.1, 0.15) is 40.9 Å². The molecule has 1 N–H and O–H groups in total. The number of fused-ring (bicyclic) bond motifs is 1. The van der Waals surface area contributed by atoms with E-state index in [1.807, 2.05) is 20.8 Å². The van der Waals surface area contributed by atoms with Crippen molar-refractivity contribution in [2.75, 3.05) is 20.3 Å². The lowest BCUT2D eigenvalue weighted by molar-refractivity contribution is 0.0532. The van der Waals surface area contributed by atoms with E-state index < -0.39 is 8.07 Å². The maximum atomic E-state index is 12.4. The highest BCUT2D eigenvalue weighted by Gasteiger charge is 2.33. The molecule has 1 aliphatic rings. The van der Waals surface area contributed by atoms with Crippen LogP contribution >= 0.6 is 0 Å². The third-order valence-corrected chi connectivity index (χ3v) is 6.84. The molecule has 6 heteroatoms. The molecule has 1 aliphatic heterocycles. The van der Waals surface area contributed by atoms with Gasteiger partial charge in [0.25, 0.3) is 0 Å². The molecular weight excluding hydrogens is 360 g/mol. The van der Waals surface area contributed by atoms with Crippen molar-refractivity contribution in [2.24, 2.45) is 0 Å². The molecule has 0 unspecified atom stereocenters. The molecule has 1 aromatic carbocycles. The molecule has 0 radical (unpaired) electrons. The molecule has 5 nitrogen and oxygen atoms in total. The zero-order chi connectivity index (χ0) is 20.4. The number of cyclic esters (lactones) is 1. The van der Waals surface area contributed by atoms with Crippen LogP contribution in [0.3, 0.4) is 0 Å². The van der Waals surface area contributed by atoms with E-state index in [1.165, 1.54) is 0 Å². The zero-order valence-corrected chi connectivity index (χ0v) is 18.6. The highest BCUT2D eigenvalue weighted by Crippen LogP contribution is 2.43. The topological polar surface area (TPSA) is 65.0 Å². The summed E-state index contributed by atoms with van der Waals surface area (Å²) in [5.41, 5.74) is 5.11. The van der Waals surface area contributed by atoms with Gasteiger partial charge in [0, 0.05) is 25.6 Å². The summed E-state index contributed by atoms with van der Waals surface area (Å²) in [5, 5.41) is 9.47. The van der Waals surface area contributed by atoms with Gasteiger partial charge >= 0.3 is 5.97 Å². The van der Waals surface area contributed by atoms with Gasteiger partial charge < -0.3 is 19.3 Å². The Balaban J connectivity index is 2.58. The summed E-state index contributed by atoms with van der Waals surface area (Å²) in [4.78, 5) is 12.4. The number of rotatable bonds is 8. The van der Waals surface area contributed by atoms with Crippen molar-refractivity contribution in [1.82, 2.24) is 0 Å². The molecule has 0 aromatic heterocycles. The van der Waals surface area contributed by atoms with E-state index >= 15 is 0 Å². The highest BCUT2D eigenvalue weighted by atomic mass is 28.3. The van der Waals surface area contributed by atoms with Gasteiger partial charge in [-0.25, -0.2) is 4.79 Å². The van der Waals surface area contributed by atoms with E-state index in [1.54, 1.807) is 7.11 Å². The van der Waals surface area contributed by atoms with Gasteiger partial charge in [-0.1, -0.05) is 25.2 Å². The van der Waals surface area contributed by atoms with Crippen LogP contribution in [0.25, 0.3) is 0 Å². The lowest BCUT2D eigenvalue weighted by atomic mass is 9.92. The molecule has 0 saturated carbocycles. The number of carbonyl (C=O) groups excluding carboxylic acids is 1. The first kappa shape index (κ1) is 21.5. The predicted molar refractivity (Wildman–Crippen MR) is 110 cm³/mol. The Bertz CT molecular complexity index is 759. The predicted octanol–water partition coefficient (Wildman–Crippen LogP) is 4.26. The van der Waals surface area contributed by atoms with Crippen LogP contribution in [0, 0.1) is 6.92 Å². The molecule has 0 fully saturated rings. The SMILES string of the molecule is COc1c(C)c2c(c(OCC[Si](C)(C)C)c1C/C(C)=C(\C)CO)C(=O)OC2. The Labute approximate surface area is 163 Å². The van der Waals surface area contributed by atoms with E-state index in [4.69, 9.17) is 14.2 Å². The lowest BCUT2D eigenvalue weighted by Crippen LogP contribution is -2.23. The Morgan fingerprint density at radius 3 is 2.41 bits per heavy atom. The molecule has 0 atom stereocenters. The molecule has 1 heterocycles. The molecule has 27 heavy (non-hydrogen) atoms. The van der Waals surface area contributed by atoms with Gasteiger partial charge in [-0.2, -0.15) is 0 Å². The average molecular weight is 393 g/mol. The van der Waals surface area contributed by atoms with Gasteiger partial charge in [-0.15, -0.1) is 0 Å². The summed E-state index contributed by atoms with van der Waals surface area (Å²) >= 11 is 0. The fourth-order valence-electron chi connectivity index (χ4n) is 3.15. The van der Waals surface area contributed by atoms with Gasteiger partial charge in [0.2, 0.25) is 0 Å². The molecule has 0 saturated heterocycles. The van der Waals surface area contributed by atoms with E-state index in [-0.39, 0.29) is 19.2 Å². The fourth-order valence-corrected chi connectivity index (χ4v) is 3.87. The second kappa shape index (κ2) is 8.48. The van der Waals surface area contributed by atoms with Crippen molar-refractivity contribution in [3.05, 3.63) is 33.4 Å². The Kier molecular flexibility index (Phi) is 6.76. The van der Waals surface area contributed by atoms with E-state index in [2.05, 4.69) is 19.6 Å². The maximum absolute atomic E-state index is 12.4. The number of hydrogen-bond donors (Lipinski definition) is 1. The minimum Gasteiger partial charge on any atom is -0.496 e. The lowest BCUT2D eigenvalue weighted by Gasteiger charge is -2.22. The van der Waals surface area contributed by atoms with Crippen LogP contribution in [-0.2, 0) is 17.8 Å². The molecule has 150 valence electrons. The number of aliphatic hydroxyl groups excluding tert-OH is 1. The number of aliphatic hydroxyl groups is 1. The summed E-state index contributed by atoms with van der Waals surface area (Å²) < 4.78 is 17.2. The summed E-state index contributed by atoms with van der Waals surface area (Å²) in [5.74, 6) is 0.985. The molecule has 0 aliphatic carbocycles. The highest BCUT2D eigenvalue weighted by molar-refractivity contribution is 6.76. The summed E-state index contributed by atoms with van der Waals surface area (Å²) in [6, 6.07) is 0.997. The van der Waals surface area contributed by atoms with Crippen molar-refractivity contribution in [2.45, 2.75) is 59.5 Å². The van der Waals surface area contributed by atoms with Crippen molar-refractivity contribution >= 4 is 14.0 Å². The number of benzene rings is 1. The number of allylic oxidation sites excluding steroid dienone is 1. The number of methoxy groups -OCH3 is 1. The zero-order valence-electron chi connectivity index (χ0n) is 17.6. The molecule has 2 rings (SSSR count). The monoisotopic (exact) mass is 392 g/mol.